The summed E-state index contributed by atoms with van der Waals surface area (Å²) in [6.45, 7) is 11.5. The number of aliphatic hydroxyl groups is 1. The summed E-state index contributed by atoms with van der Waals surface area (Å²) in [6.07, 6.45) is -5.89. The van der Waals surface area contributed by atoms with Gasteiger partial charge in [0.05, 0.1) is 6.61 Å². The molecule has 4 rings (SSSR count). The molecule has 11 atom stereocenters. The van der Waals surface area contributed by atoms with E-state index >= 15 is 8.78 Å². The molecule has 2 aliphatic rings. The van der Waals surface area contributed by atoms with Gasteiger partial charge in [0.1, 0.15) is 48.6 Å². The molecule has 0 amide bonds. The topological polar surface area (TPSA) is 317 Å². The van der Waals surface area contributed by atoms with Crippen LogP contribution in [0.25, 0.3) is 0 Å². The minimum absolute atomic E-state index is 0.0237. The van der Waals surface area contributed by atoms with Crippen molar-refractivity contribution in [1.29, 1.82) is 0 Å². The number of hydrogen-bond acceptors (Lipinski definition) is 18. The van der Waals surface area contributed by atoms with Crippen LogP contribution in [0, 0.1) is 17.8 Å². The number of alkyl halides is 2. The Bertz CT molecular complexity index is 1840. The van der Waals surface area contributed by atoms with Crippen molar-refractivity contribution in [2.45, 2.75) is 122 Å². The molecule has 0 aliphatic carbocycles. The predicted octanol–water partition coefficient (Wildman–Crippen LogP) is -0.789. The van der Waals surface area contributed by atoms with Crippen molar-refractivity contribution < 1.29 is 52.0 Å². The number of nitrogens with two attached hydrogens (primary N) is 5. The number of ether oxygens (including phenoxy) is 5. The molecule has 2 fully saturated rings. The van der Waals surface area contributed by atoms with Crippen LogP contribution in [-0.2, 0) is 38.1 Å². The molecule has 5 unspecified atom stereocenters. The number of aromatic nitrogens is 4. The van der Waals surface area contributed by atoms with Gasteiger partial charge in [0, 0.05) is 12.4 Å². The average Bonchev–Trinajstić information content (AvgIpc) is 3.52. The summed E-state index contributed by atoms with van der Waals surface area (Å²) in [6, 6.07) is -0.254. The molecule has 0 saturated carbocycles. The zero-order chi connectivity index (χ0) is 43.3. The quantitative estimate of drug-likeness (QED) is 0.107. The van der Waals surface area contributed by atoms with Gasteiger partial charge in [-0.3, -0.25) is 23.5 Å². The van der Waals surface area contributed by atoms with E-state index in [1.54, 1.807) is 41.5 Å². The van der Waals surface area contributed by atoms with Gasteiger partial charge in [-0.25, -0.2) is 18.4 Å². The third-order valence-electron chi connectivity index (χ3n) is 9.60. The summed E-state index contributed by atoms with van der Waals surface area (Å²) < 4.78 is 60.0. The van der Waals surface area contributed by atoms with Gasteiger partial charge in [-0.05, 0) is 43.7 Å². The van der Waals surface area contributed by atoms with Crippen molar-refractivity contribution in [2.75, 3.05) is 24.7 Å². The number of rotatable bonds is 13. The number of carbonyl (C=O) groups excluding carboxylic acids is 3. The number of nitrogens with zero attached hydrogens (tertiary/aromatic N) is 4. The highest BCUT2D eigenvalue weighted by atomic mass is 19.1. The first-order valence-electron chi connectivity index (χ1n) is 18.2. The Morgan fingerprint density at radius 3 is 1.44 bits per heavy atom. The lowest BCUT2D eigenvalue weighted by Gasteiger charge is -2.29. The molecule has 57 heavy (non-hydrogen) atoms. The molecule has 0 radical (unpaired) electrons. The van der Waals surface area contributed by atoms with Crippen LogP contribution in [0.4, 0.5) is 20.4 Å². The first-order chi connectivity index (χ1) is 26.4. The summed E-state index contributed by atoms with van der Waals surface area (Å²) >= 11 is 0. The number of carbonyl (C=O) groups is 3. The Labute approximate surface area is 327 Å². The molecule has 2 saturated heterocycles. The van der Waals surface area contributed by atoms with Crippen LogP contribution >= 0.6 is 0 Å². The Morgan fingerprint density at radius 2 is 1.09 bits per heavy atom. The zero-order valence-corrected chi connectivity index (χ0v) is 33.1. The summed E-state index contributed by atoms with van der Waals surface area (Å²) in [5.74, 6) is -3.13. The number of esters is 3. The van der Waals surface area contributed by atoms with Gasteiger partial charge >= 0.3 is 29.3 Å². The van der Waals surface area contributed by atoms with E-state index in [9.17, 15) is 29.1 Å². The van der Waals surface area contributed by atoms with Gasteiger partial charge in [-0.1, -0.05) is 41.5 Å². The first kappa shape index (κ1) is 46.8. The van der Waals surface area contributed by atoms with Crippen LogP contribution in [0.1, 0.15) is 67.8 Å². The number of halogens is 2. The number of aliphatic hydroxyl groups excluding tert-OH is 1. The fraction of sp³-hybridized carbons (Fsp3) is 0.686. The Hall–Kier alpha value is -4.61. The van der Waals surface area contributed by atoms with Crippen molar-refractivity contribution in [3.8, 4) is 0 Å². The Balaban J connectivity index is 0.000000315. The van der Waals surface area contributed by atoms with Crippen LogP contribution in [0.15, 0.2) is 34.1 Å². The van der Waals surface area contributed by atoms with Crippen molar-refractivity contribution >= 4 is 29.5 Å². The third-order valence-corrected chi connectivity index (χ3v) is 9.60. The molecule has 2 aromatic heterocycles. The van der Waals surface area contributed by atoms with E-state index in [0.717, 1.165) is 23.0 Å². The van der Waals surface area contributed by atoms with Crippen LogP contribution < -0.4 is 40.0 Å². The second-order valence-corrected chi connectivity index (χ2v) is 15.3. The highest BCUT2D eigenvalue weighted by Gasteiger charge is 2.60. The SMILES string of the molecule is CC(C)C(N)C(=O)OC1[C@@H](CO)O[C@@H](n2ccc(N)nc2=O)[C@]1(C)F.CC(C)C(N)C(=O)OC[C@H]1O[C@@H](n2ccc(N)nc2=O)[C@](C)(F)C1OC(=O)C(N)C(C)C. The highest BCUT2D eigenvalue weighted by Crippen LogP contribution is 2.44. The molecule has 11 N–H and O–H groups in total. The van der Waals surface area contributed by atoms with E-state index in [4.69, 9.17) is 52.4 Å². The Morgan fingerprint density at radius 1 is 0.737 bits per heavy atom. The minimum Gasteiger partial charge on any atom is -0.462 e. The van der Waals surface area contributed by atoms with Gasteiger partial charge in [-0.2, -0.15) is 9.97 Å². The maximum Gasteiger partial charge on any atom is 0.351 e. The molecular weight excluding hydrogens is 760 g/mol. The molecule has 0 aromatic carbocycles. The minimum atomic E-state index is -2.40. The molecular formula is C35H55F2N9O11. The average molecular weight is 816 g/mol. The second kappa shape index (κ2) is 18.8. The predicted molar refractivity (Wildman–Crippen MR) is 199 cm³/mol. The van der Waals surface area contributed by atoms with Gasteiger partial charge < -0.3 is 57.5 Å². The van der Waals surface area contributed by atoms with E-state index in [1.165, 1.54) is 24.5 Å². The van der Waals surface area contributed by atoms with Crippen molar-refractivity contribution in [3.63, 3.8) is 0 Å². The summed E-state index contributed by atoms with van der Waals surface area (Å²) in [5, 5.41) is 9.47. The van der Waals surface area contributed by atoms with E-state index in [2.05, 4.69) is 9.97 Å². The van der Waals surface area contributed by atoms with Gasteiger partial charge in [0.15, 0.2) is 36.0 Å². The van der Waals surface area contributed by atoms with E-state index in [0.29, 0.717) is 0 Å². The molecule has 320 valence electrons. The van der Waals surface area contributed by atoms with Gasteiger partial charge in [0.25, 0.3) is 0 Å². The van der Waals surface area contributed by atoms with E-state index in [-0.39, 0.29) is 29.4 Å². The largest absolute Gasteiger partial charge is 0.462 e. The lowest BCUT2D eigenvalue weighted by atomic mass is 9.97. The van der Waals surface area contributed by atoms with Crippen LogP contribution in [0.3, 0.4) is 0 Å². The summed E-state index contributed by atoms with van der Waals surface area (Å²) in [5.41, 5.74) is 21.9. The number of anilines is 2. The molecule has 20 nitrogen and oxygen atoms in total. The summed E-state index contributed by atoms with van der Waals surface area (Å²) in [4.78, 5) is 68.1. The summed E-state index contributed by atoms with van der Waals surface area (Å²) in [7, 11) is 0. The molecule has 22 heteroatoms. The standard InChI is InChI=1S/C20H32FN5O6.C15H23FN4O5/c1-9(2)13(23)16(27)30-8-11-15(32-17(28)14(24)10(3)4)20(5,21)18(31-11)26-7-6-12(22)25-19(26)29;1-7(2)10(18)12(22)25-11-8(6-21)24-13(15(11,3)16)20-5-4-9(17)19-14(20)23/h6-7,9-11,13-15,18H,8,23-24H2,1-5H3,(H2,22,25,29);4-5,7-8,10-11,13,21H,6,18H2,1-3H3,(H2,17,19,23)/t11-,13?,14?,15?,18-,20-;8-,10?,11?,13-,15-/m11/s1. The van der Waals surface area contributed by atoms with Gasteiger partial charge in [-0.15, -0.1) is 0 Å². The van der Waals surface area contributed by atoms with Crippen LogP contribution in [0.2, 0.25) is 0 Å². The lowest BCUT2D eigenvalue weighted by Crippen LogP contribution is -2.49. The highest BCUT2D eigenvalue weighted by molar-refractivity contribution is 5.77. The van der Waals surface area contributed by atoms with Crippen LogP contribution in [-0.4, -0.2) is 109 Å². The fourth-order valence-electron chi connectivity index (χ4n) is 5.76. The van der Waals surface area contributed by atoms with E-state index < -0.39 is 109 Å². The lowest BCUT2D eigenvalue weighted by molar-refractivity contribution is -0.164. The molecule has 4 heterocycles. The Kier molecular flexibility index (Phi) is 15.4. The third kappa shape index (κ3) is 10.7. The monoisotopic (exact) mass is 815 g/mol. The van der Waals surface area contributed by atoms with Crippen molar-refractivity contribution in [2.24, 2.45) is 35.0 Å². The van der Waals surface area contributed by atoms with Crippen LogP contribution in [0.5, 0.6) is 0 Å². The molecule has 0 bridgehead atoms. The fourth-order valence-corrected chi connectivity index (χ4v) is 5.76. The van der Waals surface area contributed by atoms with Gasteiger partial charge in [0.2, 0.25) is 0 Å². The molecule has 2 aromatic rings. The maximum absolute atomic E-state index is 16.0. The molecule has 0 spiro atoms. The second-order valence-electron chi connectivity index (χ2n) is 15.3. The maximum atomic E-state index is 16.0. The van der Waals surface area contributed by atoms with Crippen molar-refractivity contribution in [3.05, 3.63) is 45.5 Å². The first-order valence-corrected chi connectivity index (χ1v) is 18.2. The zero-order valence-electron chi connectivity index (χ0n) is 33.1. The van der Waals surface area contributed by atoms with Crippen molar-refractivity contribution in [1.82, 2.24) is 19.1 Å². The van der Waals surface area contributed by atoms with E-state index in [1.807, 2.05) is 0 Å². The number of nitrogen functional groups attached to an aromatic ring is 2. The smallest absolute Gasteiger partial charge is 0.351 e. The number of hydrogen-bond donors (Lipinski definition) is 6. The molecule has 2 aliphatic heterocycles. The normalized spacial score (nSPS) is 28.7.